The molecule has 0 spiro atoms. The zero-order chi connectivity index (χ0) is 49.1. The van der Waals surface area contributed by atoms with Gasteiger partial charge in [0.25, 0.3) is 0 Å². The highest BCUT2D eigenvalue weighted by Crippen LogP contribution is 2.39. The SMILES string of the molecule is COC(=O)N[C@H](C(=O)N1CCCC1c1ncc(-c2ccc(-c3ccc(-c4cnc(C5C[C@H](Oc6nc7ccccc7nc6-c6cccs6)CN5C(=O)[C@@H](NC(=O)OC)C(C)C)[nH]4)cc3)cc2)[nH]1)C(C)C. The Labute approximate surface area is 409 Å². The zero-order valence-electron chi connectivity index (χ0n) is 39.8. The number of ether oxygens (including phenoxy) is 3. The number of aromatic amines is 2. The monoisotopic (exact) mass is 964 g/mol. The van der Waals surface area contributed by atoms with Gasteiger partial charge in [0.1, 0.15) is 35.5 Å². The summed E-state index contributed by atoms with van der Waals surface area (Å²) in [6.07, 6.45) is 3.77. The quantitative estimate of drug-likeness (QED) is 0.0809. The second kappa shape index (κ2) is 20.6. The van der Waals surface area contributed by atoms with Gasteiger partial charge in [0, 0.05) is 13.0 Å². The molecule has 7 aromatic rings. The highest BCUT2D eigenvalue weighted by molar-refractivity contribution is 7.13. The molecule has 2 unspecified atom stereocenters. The molecule has 0 radical (unpaired) electrons. The van der Waals surface area contributed by atoms with Gasteiger partial charge in [0.15, 0.2) is 0 Å². The number of para-hydroxylation sites is 2. The van der Waals surface area contributed by atoms with E-state index in [2.05, 4.69) is 44.9 Å². The predicted molar refractivity (Wildman–Crippen MR) is 265 cm³/mol. The summed E-state index contributed by atoms with van der Waals surface area (Å²) in [6, 6.07) is 25.7. The molecule has 17 nitrogen and oxygen atoms in total. The second-order valence-corrected chi connectivity index (χ2v) is 19.2. The van der Waals surface area contributed by atoms with Crippen molar-refractivity contribution in [2.75, 3.05) is 27.3 Å². The number of carbonyl (C=O) groups is 4. The van der Waals surface area contributed by atoms with E-state index < -0.39 is 36.4 Å². The van der Waals surface area contributed by atoms with Crippen LogP contribution in [0.2, 0.25) is 0 Å². The third-order valence-electron chi connectivity index (χ3n) is 13.0. The fraction of sp³-hybridized carbons (Fsp3) is 0.346. The number of benzene rings is 3. The van der Waals surface area contributed by atoms with Crippen LogP contribution < -0.4 is 15.4 Å². The van der Waals surface area contributed by atoms with Crippen LogP contribution in [0, 0.1) is 11.8 Å². The maximum absolute atomic E-state index is 14.5. The lowest BCUT2D eigenvalue weighted by molar-refractivity contribution is -0.136. The first-order chi connectivity index (χ1) is 33.9. The van der Waals surface area contributed by atoms with Gasteiger partial charge in [-0.05, 0) is 70.5 Å². The minimum Gasteiger partial charge on any atom is -0.471 e. The first kappa shape index (κ1) is 47.5. The molecule has 3 aromatic carbocycles. The van der Waals surface area contributed by atoms with Gasteiger partial charge in [-0.15, -0.1) is 11.3 Å². The average molecular weight is 965 g/mol. The van der Waals surface area contributed by atoms with E-state index in [0.717, 1.165) is 56.9 Å². The summed E-state index contributed by atoms with van der Waals surface area (Å²) in [6.45, 7) is 8.34. The molecule has 9 rings (SSSR count). The standard InChI is InChI=1S/C52H56N10O7S/c1-29(2)43(59-51(65)67-5)49(63)61-23-9-13-40(61)46-53-26-38(56-46)33-19-15-31(16-20-33)32-17-21-34(22-18-32)39-27-54-47(57-39)41-25-35(28-62(41)50(64)44(30(3)4)60-52(66)68-6)69-48-45(42-14-10-24-70-42)55-36-11-7-8-12-37(36)58-48/h7-8,10-12,14-22,24,26-27,29-30,35,40-41,43-44H,9,13,23,25,28H2,1-6H3,(H,53,56)(H,54,57)(H,59,65)(H,60,66)/t35-,40?,41?,43-,44-/m0/s1. The fourth-order valence-corrected chi connectivity index (χ4v) is 9.95. The van der Waals surface area contributed by atoms with Gasteiger partial charge < -0.3 is 44.6 Å². The molecule has 0 bridgehead atoms. The number of carbonyl (C=O) groups excluding carboxylic acids is 4. The Morgan fingerprint density at radius 2 is 1.20 bits per heavy atom. The molecule has 18 heteroatoms. The molecule has 4 N–H and O–H groups in total. The van der Waals surface area contributed by atoms with Crippen molar-refractivity contribution >= 4 is 46.4 Å². The van der Waals surface area contributed by atoms with Gasteiger partial charge >= 0.3 is 12.2 Å². The van der Waals surface area contributed by atoms with Crippen LogP contribution in [-0.2, 0) is 19.1 Å². The van der Waals surface area contributed by atoms with Crippen LogP contribution in [0.5, 0.6) is 5.88 Å². The lowest BCUT2D eigenvalue weighted by atomic mass is 10.0. The van der Waals surface area contributed by atoms with Crippen LogP contribution in [0.25, 0.3) is 55.2 Å². The molecule has 4 amide bonds. The summed E-state index contributed by atoms with van der Waals surface area (Å²) in [7, 11) is 2.56. The maximum atomic E-state index is 14.5. The van der Waals surface area contributed by atoms with E-state index in [9.17, 15) is 19.2 Å². The number of thiophene rings is 1. The van der Waals surface area contributed by atoms with Gasteiger partial charge in [-0.1, -0.05) is 94.4 Å². The number of hydrogen-bond donors (Lipinski definition) is 4. The number of rotatable bonds is 14. The van der Waals surface area contributed by atoms with Crippen LogP contribution in [-0.4, -0.2) is 109 Å². The Morgan fingerprint density at radius 1 is 0.671 bits per heavy atom. The number of imidazole rings is 2. The molecule has 6 heterocycles. The molecule has 0 saturated carbocycles. The number of amides is 4. The number of methoxy groups -OCH3 is 2. The smallest absolute Gasteiger partial charge is 0.407 e. The van der Waals surface area contributed by atoms with Crippen LogP contribution in [0.1, 0.15) is 70.7 Å². The molecule has 2 aliphatic rings. The number of aromatic nitrogens is 6. The zero-order valence-corrected chi connectivity index (χ0v) is 40.7. The van der Waals surface area contributed by atoms with Gasteiger partial charge in [-0.25, -0.2) is 29.5 Å². The van der Waals surface area contributed by atoms with Crippen molar-refractivity contribution in [1.82, 2.24) is 50.3 Å². The topological polar surface area (TPSA) is 210 Å². The number of nitrogens with one attached hydrogen (secondary N) is 4. The van der Waals surface area contributed by atoms with Crippen LogP contribution in [0.3, 0.4) is 0 Å². The summed E-state index contributed by atoms with van der Waals surface area (Å²) < 4.78 is 16.4. The molecule has 70 heavy (non-hydrogen) atoms. The first-order valence-corrected chi connectivity index (χ1v) is 24.3. The normalized spacial score (nSPS) is 17.7. The van der Waals surface area contributed by atoms with Crippen molar-refractivity contribution < 1.29 is 33.4 Å². The molecule has 2 aliphatic heterocycles. The number of fused-ring (bicyclic) bond motifs is 1. The lowest BCUT2D eigenvalue weighted by Crippen LogP contribution is -2.51. The minimum atomic E-state index is -0.856. The predicted octanol–water partition coefficient (Wildman–Crippen LogP) is 8.95. The van der Waals surface area contributed by atoms with E-state index >= 15 is 0 Å². The van der Waals surface area contributed by atoms with E-state index in [-0.39, 0.29) is 36.2 Å². The number of H-pyrrole nitrogens is 2. The largest absolute Gasteiger partial charge is 0.471 e. The third kappa shape index (κ3) is 9.94. The number of alkyl carbamates (subject to hydrolysis) is 2. The molecular weight excluding hydrogens is 909 g/mol. The Morgan fingerprint density at radius 3 is 1.73 bits per heavy atom. The van der Waals surface area contributed by atoms with Crippen molar-refractivity contribution in [2.45, 2.75) is 77.2 Å². The molecular formula is C52H56N10O7S. The van der Waals surface area contributed by atoms with Gasteiger partial charge in [0.05, 0.1) is 72.5 Å². The van der Waals surface area contributed by atoms with Gasteiger partial charge in [0.2, 0.25) is 17.7 Å². The molecule has 0 aliphatic carbocycles. The molecule has 4 aromatic heterocycles. The summed E-state index contributed by atoms with van der Waals surface area (Å²) in [5, 5.41) is 7.43. The van der Waals surface area contributed by atoms with E-state index in [1.54, 1.807) is 33.5 Å². The fourth-order valence-electron chi connectivity index (χ4n) is 9.24. The first-order valence-electron chi connectivity index (χ1n) is 23.5. The average Bonchev–Trinajstić information content (AvgIpc) is 4.24. The van der Waals surface area contributed by atoms with E-state index in [0.29, 0.717) is 41.7 Å². The molecule has 362 valence electrons. The van der Waals surface area contributed by atoms with Gasteiger partial charge in [-0.3, -0.25) is 9.59 Å². The molecule has 2 fully saturated rings. The number of likely N-dealkylation sites (tertiary alicyclic amines) is 2. The van der Waals surface area contributed by atoms with E-state index in [1.807, 2.05) is 93.7 Å². The Hall–Kier alpha value is -7.60. The van der Waals surface area contributed by atoms with Gasteiger partial charge in [-0.2, -0.15) is 0 Å². The maximum Gasteiger partial charge on any atom is 0.407 e. The molecule has 5 atom stereocenters. The Bertz CT molecular complexity index is 2970. The van der Waals surface area contributed by atoms with Crippen molar-refractivity contribution in [3.8, 4) is 50.1 Å². The van der Waals surface area contributed by atoms with Crippen LogP contribution in [0.4, 0.5) is 9.59 Å². The third-order valence-corrected chi connectivity index (χ3v) is 13.9. The highest BCUT2D eigenvalue weighted by Gasteiger charge is 2.43. The summed E-state index contributed by atoms with van der Waals surface area (Å²) in [5.74, 6) is 0.882. The minimum absolute atomic E-state index is 0.122. The van der Waals surface area contributed by atoms with Crippen molar-refractivity contribution in [3.63, 3.8) is 0 Å². The summed E-state index contributed by atoms with van der Waals surface area (Å²) in [5.41, 5.74) is 7.59. The molecule has 2 saturated heterocycles. The lowest BCUT2D eigenvalue weighted by Gasteiger charge is -2.30. The highest BCUT2D eigenvalue weighted by atomic mass is 32.1. The summed E-state index contributed by atoms with van der Waals surface area (Å²) in [4.78, 5) is 83.3. The van der Waals surface area contributed by atoms with Crippen LogP contribution >= 0.6 is 11.3 Å². The Balaban J connectivity index is 0.914. The van der Waals surface area contributed by atoms with Crippen molar-refractivity contribution in [3.05, 3.63) is 114 Å². The second-order valence-electron chi connectivity index (χ2n) is 18.2. The number of nitrogens with zero attached hydrogens (tertiary/aromatic N) is 6. The van der Waals surface area contributed by atoms with E-state index in [4.69, 9.17) is 34.1 Å². The van der Waals surface area contributed by atoms with Crippen molar-refractivity contribution in [1.29, 1.82) is 0 Å². The van der Waals surface area contributed by atoms with Crippen LogP contribution in [0.15, 0.2) is 103 Å². The Kier molecular flexibility index (Phi) is 13.9. The summed E-state index contributed by atoms with van der Waals surface area (Å²) >= 11 is 1.54. The van der Waals surface area contributed by atoms with E-state index in [1.165, 1.54) is 14.2 Å². The van der Waals surface area contributed by atoms with Crippen molar-refractivity contribution in [2.24, 2.45) is 11.8 Å². The number of hydrogen-bond acceptors (Lipinski definition) is 12.